The van der Waals surface area contributed by atoms with E-state index in [-0.39, 0.29) is 0 Å². The van der Waals surface area contributed by atoms with Crippen LogP contribution in [0.25, 0.3) is 0 Å². The Morgan fingerprint density at radius 1 is 1.00 bits per heavy atom. The number of para-hydroxylation sites is 1. The molecule has 0 amide bonds. The molecule has 0 saturated heterocycles. The number of hydrogen-bond acceptors (Lipinski definition) is 5. The summed E-state index contributed by atoms with van der Waals surface area (Å²) < 4.78 is 0. The molecule has 5 nitrogen and oxygen atoms in total. The fourth-order valence-corrected chi connectivity index (χ4v) is 1.49. The van der Waals surface area contributed by atoms with E-state index in [1.165, 1.54) is 0 Å². The van der Waals surface area contributed by atoms with E-state index < -0.39 is 0 Å². The first-order valence-corrected chi connectivity index (χ1v) is 5.32. The summed E-state index contributed by atoms with van der Waals surface area (Å²) in [7, 11) is 0. The SMILES string of the molecule is C/C(CN(C/C(C)=N/O)c1ccccc1)=N\O. The van der Waals surface area contributed by atoms with Gasteiger partial charge in [0.1, 0.15) is 0 Å². The number of rotatable bonds is 5. The van der Waals surface area contributed by atoms with Gasteiger partial charge in [-0.2, -0.15) is 0 Å². The predicted molar refractivity (Wildman–Crippen MR) is 68.4 cm³/mol. The highest BCUT2D eigenvalue weighted by Gasteiger charge is 2.09. The van der Waals surface area contributed by atoms with Crippen LogP contribution in [-0.2, 0) is 0 Å². The molecule has 0 unspecified atom stereocenters. The van der Waals surface area contributed by atoms with Crippen molar-refractivity contribution >= 4 is 17.1 Å². The maximum absolute atomic E-state index is 8.70. The third-order valence-corrected chi connectivity index (χ3v) is 2.30. The molecule has 0 spiro atoms. The molecule has 92 valence electrons. The lowest BCUT2D eigenvalue weighted by atomic mass is 10.2. The van der Waals surface area contributed by atoms with Crippen molar-refractivity contribution < 1.29 is 10.4 Å². The Morgan fingerprint density at radius 3 is 1.88 bits per heavy atom. The minimum absolute atomic E-state index is 0.480. The Kier molecular flexibility index (Phi) is 5.00. The Bertz CT molecular complexity index is 381. The molecule has 0 fully saturated rings. The third kappa shape index (κ3) is 4.14. The number of oxime groups is 2. The average Bonchev–Trinajstić information content (AvgIpc) is 2.38. The van der Waals surface area contributed by atoms with Gasteiger partial charge in [0.15, 0.2) is 0 Å². The first kappa shape index (κ1) is 13.0. The van der Waals surface area contributed by atoms with Crippen LogP contribution in [0.3, 0.4) is 0 Å². The highest BCUT2D eigenvalue weighted by Crippen LogP contribution is 2.13. The summed E-state index contributed by atoms with van der Waals surface area (Å²) in [6.07, 6.45) is 0. The van der Waals surface area contributed by atoms with Crippen molar-refractivity contribution in [3.63, 3.8) is 0 Å². The first-order valence-electron chi connectivity index (χ1n) is 5.32. The molecular weight excluding hydrogens is 218 g/mol. The Morgan fingerprint density at radius 2 is 1.47 bits per heavy atom. The van der Waals surface area contributed by atoms with Crippen LogP contribution in [0.1, 0.15) is 13.8 Å². The molecule has 0 radical (unpaired) electrons. The lowest BCUT2D eigenvalue weighted by Crippen LogP contribution is -2.33. The largest absolute Gasteiger partial charge is 0.411 e. The Labute approximate surface area is 101 Å². The molecule has 1 aromatic rings. The van der Waals surface area contributed by atoms with Gasteiger partial charge in [-0.05, 0) is 26.0 Å². The van der Waals surface area contributed by atoms with Gasteiger partial charge >= 0.3 is 0 Å². The molecule has 0 aliphatic carbocycles. The van der Waals surface area contributed by atoms with Crippen molar-refractivity contribution in [2.45, 2.75) is 13.8 Å². The molecular formula is C12H17N3O2. The molecule has 1 aromatic carbocycles. The Hall–Kier alpha value is -2.04. The number of hydrogen-bond donors (Lipinski definition) is 2. The zero-order valence-electron chi connectivity index (χ0n) is 10.0. The van der Waals surface area contributed by atoms with Crippen molar-refractivity contribution in [2.24, 2.45) is 10.3 Å². The standard InChI is InChI=1S/C12H17N3O2/c1-10(13-16)8-15(9-11(2)14-17)12-6-4-3-5-7-12/h3-7,16-17H,8-9H2,1-2H3/b13-10+,14-11+. The highest BCUT2D eigenvalue weighted by molar-refractivity contribution is 5.90. The molecule has 17 heavy (non-hydrogen) atoms. The second-order valence-corrected chi connectivity index (χ2v) is 3.86. The van der Waals surface area contributed by atoms with Gasteiger partial charge in [0.25, 0.3) is 0 Å². The summed E-state index contributed by atoms with van der Waals surface area (Å²) in [6, 6.07) is 9.70. The lowest BCUT2D eigenvalue weighted by molar-refractivity contribution is 0.317. The zero-order valence-corrected chi connectivity index (χ0v) is 10.0. The molecule has 1 rings (SSSR count). The smallest absolute Gasteiger partial charge is 0.0732 e. The molecule has 0 aromatic heterocycles. The van der Waals surface area contributed by atoms with Crippen molar-refractivity contribution in [3.8, 4) is 0 Å². The molecule has 0 saturated carbocycles. The van der Waals surface area contributed by atoms with Gasteiger partial charge in [0, 0.05) is 5.69 Å². The molecule has 0 atom stereocenters. The van der Waals surface area contributed by atoms with Gasteiger partial charge in [-0.3, -0.25) is 0 Å². The third-order valence-electron chi connectivity index (χ3n) is 2.30. The van der Waals surface area contributed by atoms with Crippen molar-refractivity contribution in [2.75, 3.05) is 18.0 Å². The monoisotopic (exact) mass is 235 g/mol. The van der Waals surface area contributed by atoms with Crippen LogP contribution in [0.15, 0.2) is 40.6 Å². The average molecular weight is 235 g/mol. The first-order chi connectivity index (χ1) is 8.17. The number of anilines is 1. The van der Waals surface area contributed by atoms with E-state index in [2.05, 4.69) is 10.3 Å². The molecule has 0 aliphatic heterocycles. The minimum Gasteiger partial charge on any atom is -0.411 e. The lowest BCUT2D eigenvalue weighted by Gasteiger charge is -2.23. The van der Waals surface area contributed by atoms with Crippen molar-refractivity contribution in [1.29, 1.82) is 0 Å². The minimum atomic E-state index is 0.480. The van der Waals surface area contributed by atoms with E-state index in [9.17, 15) is 0 Å². The van der Waals surface area contributed by atoms with Gasteiger partial charge in [-0.1, -0.05) is 28.5 Å². The molecule has 2 N–H and O–H groups in total. The van der Waals surface area contributed by atoms with E-state index in [1.807, 2.05) is 35.2 Å². The molecule has 5 heteroatoms. The fourth-order valence-electron chi connectivity index (χ4n) is 1.49. The second-order valence-electron chi connectivity index (χ2n) is 3.86. The molecule has 0 heterocycles. The van der Waals surface area contributed by atoms with E-state index in [0.717, 1.165) is 5.69 Å². The van der Waals surface area contributed by atoms with Crippen molar-refractivity contribution in [3.05, 3.63) is 30.3 Å². The van der Waals surface area contributed by atoms with Gasteiger partial charge in [-0.15, -0.1) is 0 Å². The molecule has 0 aliphatic rings. The van der Waals surface area contributed by atoms with E-state index in [1.54, 1.807) is 13.8 Å². The van der Waals surface area contributed by atoms with Crippen LogP contribution in [0.5, 0.6) is 0 Å². The van der Waals surface area contributed by atoms with Crippen LogP contribution in [0, 0.1) is 0 Å². The van der Waals surface area contributed by atoms with Crippen LogP contribution in [0.4, 0.5) is 5.69 Å². The maximum Gasteiger partial charge on any atom is 0.0732 e. The van der Waals surface area contributed by atoms with Gasteiger partial charge in [0.05, 0.1) is 24.5 Å². The quantitative estimate of drug-likeness (QED) is 0.467. The Balaban J connectivity index is 2.87. The highest BCUT2D eigenvalue weighted by atomic mass is 16.4. The molecule has 0 bridgehead atoms. The van der Waals surface area contributed by atoms with Gasteiger partial charge < -0.3 is 15.3 Å². The van der Waals surface area contributed by atoms with Gasteiger partial charge in [0.2, 0.25) is 0 Å². The summed E-state index contributed by atoms with van der Waals surface area (Å²) in [5.74, 6) is 0. The van der Waals surface area contributed by atoms with E-state index in [0.29, 0.717) is 24.5 Å². The van der Waals surface area contributed by atoms with E-state index in [4.69, 9.17) is 10.4 Å². The van der Waals surface area contributed by atoms with Crippen LogP contribution in [0.2, 0.25) is 0 Å². The van der Waals surface area contributed by atoms with Gasteiger partial charge in [-0.25, -0.2) is 0 Å². The maximum atomic E-state index is 8.70. The van der Waals surface area contributed by atoms with E-state index >= 15 is 0 Å². The van der Waals surface area contributed by atoms with Crippen LogP contribution >= 0.6 is 0 Å². The number of benzene rings is 1. The number of nitrogens with zero attached hydrogens (tertiary/aromatic N) is 3. The summed E-state index contributed by atoms with van der Waals surface area (Å²) in [4.78, 5) is 1.96. The predicted octanol–water partition coefficient (Wildman–Crippen LogP) is 2.19. The normalized spacial score (nSPS) is 12.6. The van der Waals surface area contributed by atoms with Crippen LogP contribution < -0.4 is 4.90 Å². The topological polar surface area (TPSA) is 68.4 Å². The van der Waals surface area contributed by atoms with Crippen molar-refractivity contribution in [1.82, 2.24) is 0 Å². The summed E-state index contributed by atoms with van der Waals surface area (Å²) in [6.45, 7) is 4.43. The zero-order chi connectivity index (χ0) is 12.7. The summed E-state index contributed by atoms with van der Waals surface area (Å²) in [5, 5.41) is 23.7. The summed E-state index contributed by atoms with van der Waals surface area (Å²) in [5.41, 5.74) is 2.18. The second kappa shape index (κ2) is 6.52. The summed E-state index contributed by atoms with van der Waals surface area (Å²) >= 11 is 0. The fraction of sp³-hybridized carbons (Fsp3) is 0.333. The van der Waals surface area contributed by atoms with Crippen LogP contribution in [-0.4, -0.2) is 34.9 Å².